The molecule has 1 unspecified atom stereocenters. The summed E-state index contributed by atoms with van der Waals surface area (Å²) in [6.45, 7) is 3.57. The van der Waals surface area contributed by atoms with E-state index in [0.29, 0.717) is 6.54 Å². The summed E-state index contributed by atoms with van der Waals surface area (Å²) < 4.78 is 5.67. The van der Waals surface area contributed by atoms with Crippen molar-refractivity contribution in [2.24, 2.45) is 0 Å². The second-order valence-electron chi connectivity index (χ2n) is 4.86. The fourth-order valence-electron chi connectivity index (χ4n) is 2.13. The Morgan fingerprint density at radius 1 is 1.61 bits per heavy atom. The van der Waals surface area contributed by atoms with E-state index in [-0.39, 0.29) is 16.9 Å². The lowest BCUT2D eigenvalue weighted by Crippen LogP contribution is -2.32. The van der Waals surface area contributed by atoms with Gasteiger partial charge in [-0.2, -0.15) is 0 Å². The van der Waals surface area contributed by atoms with Gasteiger partial charge in [-0.3, -0.25) is 0 Å². The number of benzene rings is 1. The Morgan fingerprint density at radius 3 is 2.94 bits per heavy atom. The lowest BCUT2D eigenvalue weighted by atomic mass is 10.0. The number of rotatable bonds is 4. The van der Waals surface area contributed by atoms with E-state index >= 15 is 0 Å². The number of nitrogen functional groups attached to an aromatic ring is 1. The van der Waals surface area contributed by atoms with Crippen molar-refractivity contribution >= 4 is 17.3 Å². The molecule has 98 valence electrons. The second-order valence-corrected chi connectivity index (χ2v) is 4.86. The summed E-state index contributed by atoms with van der Waals surface area (Å²) >= 11 is 0. The van der Waals surface area contributed by atoms with Crippen molar-refractivity contribution in [1.82, 2.24) is 0 Å². The first kappa shape index (κ1) is 12.7. The third kappa shape index (κ3) is 2.73. The Labute approximate surface area is 106 Å². The van der Waals surface area contributed by atoms with Crippen molar-refractivity contribution in [3.63, 3.8) is 0 Å². The van der Waals surface area contributed by atoms with Gasteiger partial charge in [-0.05, 0) is 38.0 Å². The molecular weight excluding hydrogens is 232 g/mol. The van der Waals surface area contributed by atoms with Crippen LogP contribution in [0.4, 0.5) is 11.4 Å². The SMILES string of the molecule is CC1(CNc2ccc(C(=O)O)c(N)c2)CCCO1. The molecule has 18 heavy (non-hydrogen) atoms. The first-order chi connectivity index (χ1) is 8.50. The molecule has 0 spiro atoms. The largest absolute Gasteiger partial charge is 0.478 e. The van der Waals surface area contributed by atoms with Gasteiger partial charge in [0, 0.05) is 24.5 Å². The van der Waals surface area contributed by atoms with Crippen molar-refractivity contribution in [2.45, 2.75) is 25.4 Å². The molecule has 1 aliphatic heterocycles. The third-order valence-corrected chi connectivity index (χ3v) is 3.25. The Bertz CT molecular complexity index is 454. The third-order valence-electron chi connectivity index (χ3n) is 3.25. The molecule has 1 fully saturated rings. The maximum atomic E-state index is 10.8. The summed E-state index contributed by atoms with van der Waals surface area (Å²) in [4.78, 5) is 10.8. The van der Waals surface area contributed by atoms with Crippen LogP contribution in [-0.2, 0) is 4.74 Å². The average Bonchev–Trinajstić information content (AvgIpc) is 2.74. The number of nitrogens with two attached hydrogens (primary N) is 1. The first-order valence-electron chi connectivity index (χ1n) is 6.01. The van der Waals surface area contributed by atoms with Crippen molar-refractivity contribution < 1.29 is 14.6 Å². The van der Waals surface area contributed by atoms with Crippen LogP contribution < -0.4 is 11.1 Å². The molecule has 0 aliphatic carbocycles. The lowest BCUT2D eigenvalue weighted by molar-refractivity contribution is 0.0315. The zero-order chi connectivity index (χ0) is 13.2. The predicted molar refractivity (Wildman–Crippen MR) is 69.9 cm³/mol. The highest BCUT2D eigenvalue weighted by Gasteiger charge is 2.29. The fraction of sp³-hybridized carbons (Fsp3) is 0.462. The van der Waals surface area contributed by atoms with Gasteiger partial charge in [0.1, 0.15) is 0 Å². The summed E-state index contributed by atoms with van der Waals surface area (Å²) in [6.07, 6.45) is 2.11. The van der Waals surface area contributed by atoms with Crippen LogP contribution in [0.25, 0.3) is 0 Å². The van der Waals surface area contributed by atoms with Gasteiger partial charge in [-0.25, -0.2) is 4.79 Å². The molecule has 0 saturated carbocycles. The van der Waals surface area contributed by atoms with Crippen LogP contribution in [-0.4, -0.2) is 29.8 Å². The maximum Gasteiger partial charge on any atom is 0.337 e. The fourth-order valence-corrected chi connectivity index (χ4v) is 2.13. The van der Waals surface area contributed by atoms with Gasteiger partial charge in [0.25, 0.3) is 0 Å². The van der Waals surface area contributed by atoms with Gasteiger partial charge < -0.3 is 20.9 Å². The number of anilines is 2. The van der Waals surface area contributed by atoms with E-state index in [9.17, 15) is 4.79 Å². The smallest absolute Gasteiger partial charge is 0.337 e. The molecule has 1 saturated heterocycles. The molecule has 5 nitrogen and oxygen atoms in total. The van der Waals surface area contributed by atoms with E-state index in [0.717, 1.165) is 25.1 Å². The monoisotopic (exact) mass is 250 g/mol. The van der Waals surface area contributed by atoms with E-state index in [1.165, 1.54) is 6.07 Å². The first-order valence-corrected chi connectivity index (χ1v) is 6.01. The number of ether oxygens (including phenoxy) is 1. The van der Waals surface area contributed by atoms with Crippen molar-refractivity contribution in [1.29, 1.82) is 0 Å². The minimum Gasteiger partial charge on any atom is -0.478 e. The van der Waals surface area contributed by atoms with Crippen LogP contribution in [0, 0.1) is 0 Å². The number of carbonyl (C=O) groups is 1. The predicted octanol–water partition coefficient (Wildman–Crippen LogP) is 1.95. The molecule has 1 aromatic rings. The van der Waals surface area contributed by atoms with Crippen molar-refractivity contribution in [3.8, 4) is 0 Å². The Morgan fingerprint density at radius 2 is 2.39 bits per heavy atom. The molecule has 2 rings (SSSR count). The normalized spacial score (nSPS) is 22.9. The molecule has 0 radical (unpaired) electrons. The van der Waals surface area contributed by atoms with Crippen molar-refractivity contribution in [3.05, 3.63) is 23.8 Å². The highest BCUT2D eigenvalue weighted by atomic mass is 16.5. The number of aromatic carboxylic acids is 1. The maximum absolute atomic E-state index is 10.8. The van der Waals surface area contributed by atoms with Crippen LogP contribution >= 0.6 is 0 Å². The van der Waals surface area contributed by atoms with Gasteiger partial charge in [0.05, 0.1) is 11.2 Å². The van der Waals surface area contributed by atoms with Crippen LogP contribution in [0.1, 0.15) is 30.1 Å². The molecule has 1 heterocycles. The topological polar surface area (TPSA) is 84.6 Å². The highest BCUT2D eigenvalue weighted by Crippen LogP contribution is 2.26. The van der Waals surface area contributed by atoms with E-state index in [2.05, 4.69) is 12.2 Å². The van der Waals surface area contributed by atoms with E-state index in [4.69, 9.17) is 15.6 Å². The van der Waals surface area contributed by atoms with Crippen molar-refractivity contribution in [2.75, 3.05) is 24.2 Å². The molecule has 1 aliphatic rings. The summed E-state index contributed by atoms with van der Waals surface area (Å²) in [6, 6.07) is 4.87. The molecular formula is C13H18N2O3. The summed E-state index contributed by atoms with van der Waals surface area (Å²) in [7, 11) is 0. The van der Waals surface area contributed by atoms with E-state index in [1.54, 1.807) is 12.1 Å². The standard InChI is InChI=1S/C13H18N2O3/c1-13(5-2-6-18-13)8-15-9-3-4-10(12(16)17)11(14)7-9/h3-4,7,15H,2,5-6,8,14H2,1H3,(H,16,17). The van der Waals surface area contributed by atoms with Crippen LogP contribution in [0.2, 0.25) is 0 Å². The summed E-state index contributed by atoms with van der Waals surface area (Å²) in [5.41, 5.74) is 6.76. The number of hydrogen-bond acceptors (Lipinski definition) is 4. The second kappa shape index (κ2) is 4.86. The number of nitrogens with one attached hydrogen (secondary N) is 1. The van der Waals surface area contributed by atoms with Gasteiger partial charge in [0.15, 0.2) is 0 Å². The summed E-state index contributed by atoms with van der Waals surface area (Å²) in [5.74, 6) is -1.01. The van der Waals surface area contributed by atoms with E-state index in [1.807, 2.05) is 0 Å². The Kier molecular flexibility index (Phi) is 3.43. The van der Waals surface area contributed by atoms with Gasteiger partial charge in [-0.15, -0.1) is 0 Å². The molecule has 0 bridgehead atoms. The van der Waals surface area contributed by atoms with E-state index < -0.39 is 5.97 Å². The molecule has 0 amide bonds. The van der Waals surface area contributed by atoms with Crippen LogP contribution in [0.15, 0.2) is 18.2 Å². The molecule has 1 atom stereocenters. The van der Waals surface area contributed by atoms with Gasteiger partial charge >= 0.3 is 5.97 Å². The van der Waals surface area contributed by atoms with Gasteiger partial charge in [0.2, 0.25) is 0 Å². The van der Waals surface area contributed by atoms with Crippen LogP contribution in [0.5, 0.6) is 0 Å². The highest BCUT2D eigenvalue weighted by molar-refractivity contribution is 5.94. The quantitative estimate of drug-likeness (QED) is 0.711. The summed E-state index contributed by atoms with van der Waals surface area (Å²) in [5, 5.41) is 12.1. The molecule has 4 N–H and O–H groups in total. The number of hydrogen-bond donors (Lipinski definition) is 3. The molecule has 5 heteroatoms. The molecule has 1 aromatic carbocycles. The Hall–Kier alpha value is -1.75. The molecule has 0 aromatic heterocycles. The number of carboxylic acid groups (broad SMARTS) is 1. The minimum atomic E-state index is -1.01. The zero-order valence-electron chi connectivity index (χ0n) is 10.4. The lowest BCUT2D eigenvalue weighted by Gasteiger charge is -2.24. The Balaban J connectivity index is 2.02. The average molecular weight is 250 g/mol. The zero-order valence-corrected chi connectivity index (χ0v) is 10.4. The van der Waals surface area contributed by atoms with Crippen LogP contribution in [0.3, 0.4) is 0 Å². The number of carboxylic acids is 1. The minimum absolute atomic E-state index is 0.129. The van der Waals surface area contributed by atoms with Gasteiger partial charge in [-0.1, -0.05) is 0 Å².